The Labute approximate surface area is 144 Å². The molecule has 25 heavy (non-hydrogen) atoms. The second kappa shape index (κ2) is 6.80. The third kappa shape index (κ3) is 3.55. The Morgan fingerprint density at radius 3 is 2.68 bits per heavy atom. The van der Waals surface area contributed by atoms with E-state index in [4.69, 9.17) is 13.7 Å². The molecule has 0 saturated heterocycles. The van der Waals surface area contributed by atoms with Gasteiger partial charge in [-0.1, -0.05) is 5.16 Å². The third-order valence-electron chi connectivity index (χ3n) is 3.93. The van der Waals surface area contributed by atoms with Crippen molar-refractivity contribution in [3.05, 3.63) is 64.7 Å². The van der Waals surface area contributed by atoms with Gasteiger partial charge in [0, 0.05) is 23.0 Å². The summed E-state index contributed by atoms with van der Waals surface area (Å²) in [4.78, 5) is 24.3. The van der Waals surface area contributed by atoms with Gasteiger partial charge >= 0.3 is 5.97 Å². The zero-order valence-corrected chi connectivity index (χ0v) is 14.2. The largest absolute Gasteiger partial charge is 0.467 e. The van der Waals surface area contributed by atoms with Crippen molar-refractivity contribution in [2.75, 3.05) is 6.61 Å². The van der Waals surface area contributed by atoms with Crippen LogP contribution in [0.25, 0.3) is 0 Å². The molecular weight excluding hydrogens is 324 g/mol. The summed E-state index contributed by atoms with van der Waals surface area (Å²) < 4.78 is 17.2. The van der Waals surface area contributed by atoms with Crippen molar-refractivity contribution in [3.63, 3.8) is 0 Å². The Balaban J connectivity index is 1.69. The summed E-state index contributed by atoms with van der Waals surface area (Å²) >= 11 is 0. The molecule has 7 nitrogen and oxygen atoms in total. The summed E-state index contributed by atoms with van der Waals surface area (Å²) in [6, 6.07) is 6.94. The number of hydrogen-bond donors (Lipinski definition) is 0. The third-order valence-corrected chi connectivity index (χ3v) is 3.93. The van der Waals surface area contributed by atoms with Crippen molar-refractivity contribution in [2.24, 2.45) is 0 Å². The van der Waals surface area contributed by atoms with Crippen molar-refractivity contribution in [1.82, 2.24) is 9.72 Å². The lowest BCUT2D eigenvalue weighted by atomic mass is 10.1. The first kappa shape index (κ1) is 16.8. The Morgan fingerprint density at radius 2 is 2.04 bits per heavy atom. The molecule has 0 aromatic carbocycles. The summed E-state index contributed by atoms with van der Waals surface area (Å²) in [5.74, 6) is -0.205. The van der Waals surface area contributed by atoms with Crippen molar-refractivity contribution in [1.29, 1.82) is 0 Å². The molecule has 0 amide bonds. The number of ketones is 1. The number of furan rings is 1. The van der Waals surface area contributed by atoms with Crippen molar-refractivity contribution in [3.8, 4) is 0 Å². The highest BCUT2D eigenvalue weighted by atomic mass is 16.6. The molecule has 0 fully saturated rings. The summed E-state index contributed by atoms with van der Waals surface area (Å²) in [5, 5.41) is 3.61. The van der Waals surface area contributed by atoms with Gasteiger partial charge in [0.2, 0.25) is 11.5 Å². The summed E-state index contributed by atoms with van der Waals surface area (Å²) in [7, 11) is 0. The van der Waals surface area contributed by atoms with E-state index in [-0.39, 0.29) is 18.2 Å². The van der Waals surface area contributed by atoms with Gasteiger partial charge in [0.05, 0.1) is 18.5 Å². The summed E-state index contributed by atoms with van der Waals surface area (Å²) in [6.07, 6.45) is 1.61. The van der Waals surface area contributed by atoms with E-state index in [2.05, 4.69) is 5.16 Å². The first-order valence-corrected chi connectivity index (χ1v) is 7.78. The Kier molecular flexibility index (Phi) is 4.56. The molecule has 0 radical (unpaired) electrons. The van der Waals surface area contributed by atoms with Crippen LogP contribution in [0, 0.1) is 20.8 Å². The van der Waals surface area contributed by atoms with Gasteiger partial charge in [-0.15, -0.1) is 0 Å². The summed E-state index contributed by atoms with van der Waals surface area (Å²) in [5.41, 5.74) is 2.81. The highest BCUT2D eigenvalue weighted by Crippen LogP contribution is 2.18. The molecule has 0 unspecified atom stereocenters. The molecule has 0 N–H and O–H groups in total. The van der Waals surface area contributed by atoms with Gasteiger partial charge in [0.1, 0.15) is 5.76 Å². The number of nitrogens with zero attached hydrogens (tertiary/aromatic N) is 2. The van der Waals surface area contributed by atoms with Crippen LogP contribution in [-0.2, 0) is 11.3 Å². The van der Waals surface area contributed by atoms with E-state index < -0.39 is 5.97 Å². The maximum absolute atomic E-state index is 12.4. The smallest absolute Gasteiger partial charge is 0.377 e. The first-order valence-electron chi connectivity index (χ1n) is 7.78. The number of rotatable bonds is 6. The molecule has 0 saturated carbocycles. The average molecular weight is 342 g/mol. The van der Waals surface area contributed by atoms with Crippen LogP contribution in [0.2, 0.25) is 0 Å². The molecule has 0 aliphatic rings. The number of carbonyl (C=O) groups excluding carboxylic acids is 2. The van der Waals surface area contributed by atoms with Crippen molar-refractivity contribution >= 4 is 11.8 Å². The fourth-order valence-electron chi connectivity index (χ4n) is 2.62. The molecule has 0 aliphatic carbocycles. The van der Waals surface area contributed by atoms with Crippen LogP contribution < -0.4 is 0 Å². The SMILES string of the molecule is Cc1cc(C(=O)OCC(=O)c2cc(C)n(Cc3ccco3)c2C)on1. The molecule has 0 bridgehead atoms. The molecule has 3 rings (SSSR count). The van der Waals surface area contributed by atoms with Gasteiger partial charge in [0.15, 0.2) is 6.61 Å². The number of Topliss-reactive ketones (excluding diaryl/α,β-unsaturated/α-hetero) is 1. The molecule has 130 valence electrons. The van der Waals surface area contributed by atoms with Crippen LogP contribution in [0.3, 0.4) is 0 Å². The van der Waals surface area contributed by atoms with Gasteiger partial charge in [-0.05, 0) is 39.0 Å². The quantitative estimate of drug-likeness (QED) is 0.505. The maximum atomic E-state index is 12.4. The fraction of sp³-hybridized carbons (Fsp3) is 0.278. The normalized spacial score (nSPS) is 10.8. The van der Waals surface area contributed by atoms with Crippen LogP contribution in [-0.4, -0.2) is 28.1 Å². The fourth-order valence-corrected chi connectivity index (χ4v) is 2.62. The lowest BCUT2D eigenvalue weighted by Gasteiger charge is -2.08. The number of esters is 1. The maximum Gasteiger partial charge on any atom is 0.377 e. The van der Waals surface area contributed by atoms with E-state index in [0.29, 0.717) is 17.8 Å². The van der Waals surface area contributed by atoms with E-state index in [0.717, 1.165) is 17.1 Å². The lowest BCUT2D eigenvalue weighted by molar-refractivity contribution is 0.0435. The monoisotopic (exact) mass is 342 g/mol. The number of ether oxygens (including phenoxy) is 1. The summed E-state index contributed by atoms with van der Waals surface area (Å²) in [6.45, 7) is 5.64. The van der Waals surface area contributed by atoms with Gasteiger partial charge in [-0.3, -0.25) is 4.79 Å². The van der Waals surface area contributed by atoms with Crippen molar-refractivity contribution < 1.29 is 23.3 Å². The van der Waals surface area contributed by atoms with E-state index in [1.807, 2.05) is 30.5 Å². The zero-order valence-electron chi connectivity index (χ0n) is 14.2. The lowest BCUT2D eigenvalue weighted by Crippen LogP contribution is -2.15. The minimum Gasteiger partial charge on any atom is -0.467 e. The van der Waals surface area contributed by atoms with Gasteiger partial charge < -0.3 is 18.2 Å². The number of carbonyl (C=O) groups is 2. The molecular formula is C18H18N2O5. The Hall–Kier alpha value is -3.09. The topological polar surface area (TPSA) is 87.5 Å². The second-order valence-corrected chi connectivity index (χ2v) is 5.78. The number of aryl methyl sites for hydroxylation is 2. The molecule has 0 atom stereocenters. The Bertz CT molecular complexity index is 902. The highest BCUT2D eigenvalue weighted by molar-refractivity contribution is 6.00. The minimum absolute atomic E-state index is 0.0198. The minimum atomic E-state index is -0.710. The predicted octanol–water partition coefficient (Wildman–Crippen LogP) is 3.08. The van der Waals surface area contributed by atoms with Gasteiger partial charge in [0.25, 0.3) is 0 Å². The van der Waals surface area contributed by atoms with Crippen molar-refractivity contribution in [2.45, 2.75) is 27.3 Å². The molecule has 0 aliphatic heterocycles. The van der Waals surface area contributed by atoms with Crippen LogP contribution in [0.1, 0.15) is 43.8 Å². The second-order valence-electron chi connectivity index (χ2n) is 5.78. The standard InChI is InChI=1S/C18H18N2O5/c1-11-7-17(25-19-11)18(22)24-10-16(21)15-8-12(2)20(13(15)3)9-14-5-4-6-23-14/h4-8H,9-10H2,1-3H3. The average Bonchev–Trinajstić information content (AvgIpc) is 3.30. The first-order chi connectivity index (χ1) is 12.0. The van der Waals surface area contributed by atoms with Crippen LogP contribution in [0.5, 0.6) is 0 Å². The Morgan fingerprint density at radius 1 is 1.24 bits per heavy atom. The zero-order chi connectivity index (χ0) is 18.0. The molecule has 7 heteroatoms. The molecule has 3 aromatic rings. The van der Waals surface area contributed by atoms with Crippen LogP contribution in [0.15, 0.2) is 39.5 Å². The van der Waals surface area contributed by atoms with E-state index in [1.165, 1.54) is 6.07 Å². The number of hydrogen-bond acceptors (Lipinski definition) is 6. The predicted molar refractivity (Wildman–Crippen MR) is 87.6 cm³/mol. The van der Waals surface area contributed by atoms with Crippen LogP contribution >= 0.6 is 0 Å². The van der Waals surface area contributed by atoms with Crippen LogP contribution in [0.4, 0.5) is 0 Å². The molecule has 3 aromatic heterocycles. The van der Waals surface area contributed by atoms with Gasteiger partial charge in [-0.25, -0.2) is 4.79 Å². The van der Waals surface area contributed by atoms with Gasteiger partial charge in [-0.2, -0.15) is 0 Å². The molecule has 0 spiro atoms. The van der Waals surface area contributed by atoms with E-state index in [9.17, 15) is 9.59 Å². The number of aromatic nitrogens is 2. The molecule has 3 heterocycles. The van der Waals surface area contributed by atoms with E-state index in [1.54, 1.807) is 19.3 Å². The van der Waals surface area contributed by atoms with E-state index >= 15 is 0 Å². The highest BCUT2D eigenvalue weighted by Gasteiger charge is 2.20.